The molecule has 0 saturated carbocycles. The van der Waals surface area contributed by atoms with E-state index in [2.05, 4.69) is 9.97 Å². The Bertz CT molecular complexity index is 368. The van der Waals surface area contributed by atoms with Gasteiger partial charge in [-0.1, -0.05) is 18.5 Å². The molecule has 5 heteroatoms. The second-order valence-corrected chi connectivity index (χ2v) is 3.54. The van der Waals surface area contributed by atoms with Crippen molar-refractivity contribution >= 4 is 17.4 Å². The van der Waals surface area contributed by atoms with Crippen molar-refractivity contribution in [2.75, 3.05) is 7.11 Å². The van der Waals surface area contributed by atoms with Crippen LogP contribution < -0.4 is 4.74 Å². The molecule has 0 saturated heterocycles. The molecule has 0 radical (unpaired) electrons. The highest BCUT2D eigenvalue weighted by Crippen LogP contribution is 2.24. The van der Waals surface area contributed by atoms with Gasteiger partial charge in [-0.25, -0.2) is 4.98 Å². The lowest BCUT2D eigenvalue weighted by molar-refractivity contribution is -0.119. The number of rotatable bonds is 4. The third kappa shape index (κ3) is 2.65. The molecule has 82 valence electrons. The zero-order valence-corrected chi connectivity index (χ0v) is 9.71. The molecule has 0 N–H and O–H groups in total. The van der Waals surface area contributed by atoms with Crippen LogP contribution in [0.2, 0.25) is 5.02 Å². The number of hydrogen-bond donors (Lipinski definition) is 0. The number of ether oxygens (including phenoxy) is 1. The maximum atomic E-state index is 11.5. The van der Waals surface area contributed by atoms with Gasteiger partial charge in [0.25, 0.3) is 0 Å². The second kappa shape index (κ2) is 5.07. The summed E-state index contributed by atoms with van der Waals surface area (Å²) in [7, 11) is 1.47. The first-order chi connectivity index (χ1) is 7.10. The summed E-state index contributed by atoms with van der Waals surface area (Å²) >= 11 is 5.92. The Hall–Kier alpha value is -1.16. The van der Waals surface area contributed by atoms with Gasteiger partial charge in [-0.2, -0.15) is 4.98 Å². The molecule has 1 heterocycles. The molecule has 0 bridgehead atoms. The summed E-state index contributed by atoms with van der Waals surface area (Å²) in [6.07, 6.45) is 1.91. The molecular formula is C10H13ClN2O2. The summed E-state index contributed by atoms with van der Waals surface area (Å²) in [6, 6.07) is 0.227. The molecular weight excluding hydrogens is 216 g/mol. The first-order valence-corrected chi connectivity index (χ1v) is 5.07. The van der Waals surface area contributed by atoms with Crippen molar-refractivity contribution in [1.29, 1.82) is 0 Å². The predicted molar refractivity (Wildman–Crippen MR) is 57.3 cm³/mol. The van der Waals surface area contributed by atoms with Crippen LogP contribution in [0.25, 0.3) is 0 Å². The Kier molecular flexibility index (Phi) is 4.03. The van der Waals surface area contributed by atoms with Crippen LogP contribution in [0.3, 0.4) is 0 Å². The average molecular weight is 229 g/mol. The van der Waals surface area contributed by atoms with Crippen LogP contribution in [0.4, 0.5) is 0 Å². The van der Waals surface area contributed by atoms with Crippen molar-refractivity contribution in [3.05, 3.63) is 16.9 Å². The number of Topliss-reactive ketones (excluding diaryl/α,β-unsaturated/α-hetero) is 1. The van der Waals surface area contributed by atoms with Gasteiger partial charge >= 0.3 is 6.01 Å². The van der Waals surface area contributed by atoms with Gasteiger partial charge in [0.15, 0.2) is 0 Å². The quantitative estimate of drug-likeness (QED) is 0.793. The Morgan fingerprint density at radius 3 is 2.87 bits per heavy atom. The van der Waals surface area contributed by atoms with Crippen molar-refractivity contribution in [3.63, 3.8) is 0 Å². The zero-order valence-electron chi connectivity index (χ0n) is 8.95. The fraction of sp³-hybridized carbons (Fsp3) is 0.500. The van der Waals surface area contributed by atoms with Gasteiger partial charge in [0.2, 0.25) is 0 Å². The SMILES string of the molecule is CCC(=O)C(C)c1nc(OC)ncc1Cl. The standard InChI is InChI=1S/C10H13ClN2O2/c1-4-8(14)6(2)9-7(11)5-12-10(13-9)15-3/h5-6H,4H2,1-3H3. The zero-order chi connectivity index (χ0) is 11.4. The van der Waals surface area contributed by atoms with Crippen LogP contribution in [0.5, 0.6) is 6.01 Å². The maximum Gasteiger partial charge on any atom is 0.316 e. The van der Waals surface area contributed by atoms with E-state index in [0.717, 1.165) is 0 Å². The summed E-state index contributed by atoms with van der Waals surface area (Å²) in [4.78, 5) is 19.4. The summed E-state index contributed by atoms with van der Waals surface area (Å²) in [5, 5.41) is 0.394. The molecule has 4 nitrogen and oxygen atoms in total. The largest absolute Gasteiger partial charge is 0.467 e. The van der Waals surface area contributed by atoms with Gasteiger partial charge < -0.3 is 4.74 Å². The Morgan fingerprint density at radius 2 is 2.33 bits per heavy atom. The summed E-state index contributed by atoms with van der Waals surface area (Å²) < 4.78 is 4.88. The smallest absolute Gasteiger partial charge is 0.316 e. The minimum Gasteiger partial charge on any atom is -0.467 e. The first kappa shape index (κ1) is 11.9. The van der Waals surface area contributed by atoms with Crippen LogP contribution in [-0.2, 0) is 4.79 Å². The topological polar surface area (TPSA) is 52.1 Å². The number of carbonyl (C=O) groups is 1. The minimum atomic E-state index is -0.320. The van der Waals surface area contributed by atoms with Gasteiger partial charge in [-0.15, -0.1) is 0 Å². The normalized spacial score (nSPS) is 12.3. The molecule has 1 aromatic rings. The Morgan fingerprint density at radius 1 is 1.67 bits per heavy atom. The molecule has 1 atom stereocenters. The first-order valence-electron chi connectivity index (χ1n) is 4.69. The van der Waals surface area contributed by atoms with Crippen LogP contribution in [-0.4, -0.2) is 22.9 Å². The second-order valence-electron chi connectivity index (χ2n) is 3.13. The number of ketones is 1. The van der Waals surface area contributed by atoms with Gasteiger partial charge in [0, 0.05) is 6.42 Å². The molecule has 0 aliphatic rings. The van der Waals surface area contributed by atoms with E-state index in [1.165, 1.54) is 13.3 Å². The number of aromatic nitrogens is 2. The van der Waals surface area contributed by atoms with Crippen LogP contribution in [0.15, 0.2) is 6.20 Å². The monoisotopic (exact) mass is 228 g/mol. The van der Waals surface area contributed by atoms with Gasteiger partial charge in [0.05, 0.1) is 29.9 Å². The Balaban J connectivity index is 3.06. The lowest BCUT2D eigenvalue weighted by Gasteiger charge is -2.10. The van der Waals surface area contributed by atoms with Crippen LogP contribution in [0, 0.1) is 0 Å². The van der Waals surface area contributed by atoms with Gasteiger partial charge in [-0.3, -0.25) is 4.79 Å². The lowest BCUT2D eigenvalue weighted by Crippen LogP contribution is -2.11. The summed E-state index contributed by atoms with van der Waals surface area (Å²) in [5.41, 5.74) is 0.523. The van der Waals surface area contributed by atoms with Crippen molar-refractivity contribution in [3.8, 4) is 6.01 Å². The van der Waals surface area contributed by atoms with Gasteiger partial charge in [-0.05, 0) is 6.92 Å². The van der Waals surface area contributed by atoms with Crippen molar-refractivity contribution in [2.24, 2.45) is 0 Å². The molecule has 1 unspecified atom stereocenters. The highest BCUT2D eigenvalue weighted by atomic mass is 35.5. The number of methoxy groups -OCH3 is 1. The molecule has 0 amide bonds. The highest BCUT2D eigenvalue weighted by Gasteiger charge is 2.19. The van der Waals surface area contributed by atoms with E-state index < -0.39 is 0 Å². The summed E-state index contributed by atoms with van der Waals surface area (Å²) in [5.74, 6) is -0.225. The van der Waals surface area contributed by atoms with Gasteiger partial charge in [0.1, 0.15) is 5.78 Å². The lowest BCUT2D eigenvalue weighted by atomic mass is 10.0. The van der Waals surface area contributed by atoms with Crippen molar-refractivity contribution in [1.82, 2.24) is 9.97 Å². The molecule has 15 heavy (non-hydrogen) atoms. The fourth-order valence-corrected chi connectivity index (χ4v) is 1.48. The van der Waals surface area contributed by atoms with Crippen LogP contribution in [0.1, 0.15) is 31.9 Å². The number of hydrogen-bond acceptors (Lipinski definition) is 4. The predicted octanol–water partition coefficient (Wildman–Crippen LogP) is 2.22. The fourth-order valence-electron chi connectivity index (χ4n) is 1.22. The molecule has 1 aromatic heterocycles. The number of nitrogens with zero attached hydrogens (tertiary/aromatic N) is 2. The molecule has 0 fully saturated rings. The summed E-state index contributed by atoms with van der Waals surface area (Å²) in [6.45, 7) is 3.59. The molecule has 0 aromatic carbocycles. The molecule has 1 rings (SSSR count). The third-order valence-electron chi connectivity index (χ3n) is 2.17. The van der Waals surface area contributed by atoms with E-state index in [1.54, 1.807) is 6.92 Å². The van der Waals surface area contributed by atoms with E-state index in [-0.39, 0.29) is 17.7 Å². The van der Waals surface area contributed by atoms with Crippen molar-refractivity contribution in [2.45, 2.75) is 26.2 Å². The number of halogens is 1. The average Bonchev–Trinajstić information content (AvgIpc) is 2.27. The Labute approximate surface area is 93.6 Å². The molecule has 0 aliphatic carbocycles. The van der Waals surface area contributed by atoms with E-state index in [4.69, 9.17) is 16.3 Å². The van der Waals surface area contributed by atoms with Crippen LogP contribution >= 0.6 is 11.6 Å². The highest BCUT2D eigenvalue weighted by molar-refractivity contribution is 6.31. The van der Waals surface area contributed by atoms with E-state index in [0.29, 0.717) is 17.1 Å². The number of carbonyl (C=O) groups excluding carboxylic acids is 1. The molecule has 0 aliphatic heterocycles. The van der Waals surface area contributed by atoms with E-state index >= 15 is 0 Å². The molecule has 0 spiro atoms. The van der Waals surface area contributed by atoms with E-state index in [1.807, 2.05) is 6.92 Å². The maximum absolute atomic E-state index is 11.5. The third-order valence-corrected chi connectivity index (χ3v) is 2.46. The minimum absolute atomic E-state index is 0.0950. The van der Waals surface area contributed by atoms with E-state index in [9.17, 15) is 4.79 Å². The van der Waals surface area contributed by atoms with Crippen molar-refractivity contribution < 1.29 is 9.53 Å².